The predicted molar refractivity (Wildman–Crippen MR) is 498 cm³/mol. The highest BCUT2D eigenvalue weighted by Gasteiger charge is 2.78. The molecule has 42 heteroatoms. The lowest BCUT2D eigenvalue weighted by atomic mass is 9.70. The number of carbonyl (C=O) groups is 6. The number of thioether (sulfide) groups is 12. The zero-order chi connectivity index (χ0) is 95.4. The van der Waals surface area contributed by atoms with E-state index in [1.54, 1.807) is 118 Å². The van der Waals surface area contributed by atoms with Gasteiger partial charge in [-0.15, -0.1) is 141 Å². The molecule has 6 aliphatic heterocycles. The van der Waals surface area contributed by atoms with Crippen LogP contribution in [0.3, 0.4) is 0 Å². The largest absolute Gasteiger partial charge is 0.459 e. The summed E-state index contributed by atoms with van der Waals surface area (Å²) in [6.07, 6.45) is 12.2. The summed E-state index contributed by atoms with van der Waals surface area (Å²) in [5.74, 6) is -7.14. The molecule has 0 aromatic rings. The van der Waals surface area contributed by atoms with Crippen LogP contribution in [-0.2, 0) is 57.2 Å². The Hall–Kier alpha value is -0.000000000000000389. The van der Waals surface area contributed by atoms with Crippen molar-refractivity contribution in [3.05, 3.63) is 0 Å². The molecular weight excluding hydrogens is 1930 g/mol. The van der Waals surface area contributed by atoms with Gasteiger partial charge in [0, 0.05) is 103 Å². The van der Waals surface area contributed by atoms with Gasteiger partial charge in [0.2, 0.25) is 17.0 Å². The molecule has 0 amide bonds. The molecule has 0 aromatic carbocycles. The van der Waals surface area contributed by atoms with Crippen LogP contribution >= 0.6 is 141 Å². The predicted octanol–water partition coefficient (Wildman–Crippen LogP) is 17.2. The van der Waals surface area contributed by atoms with Crippen LogP contribution in [0.2, 0.25) is 0 Å². The second kappa shape index (κ2) is 44.0. The molecule has 14 rings (SSSR count). The summed E-state index contributed by atoms with van der Waals surface area (Å²) in [4.78, 5) is 71.0. The topological polar surface area (TPSA) is 320 Å². The standard InChI is InChI=1S/C16H25F3O4S2.C16H24F2O3S2.C15H25FO4S2.C13H18F2O3S2.2C13H21FO3S2/c1-13(2,16(17,18)19)12(22)23-11-5-3-4-6-15(11)24-9-14(7-20,8-21)10-25-15;1-13(2)10-5-6-14(13,3)16(22-8-9(7-19)23-16)11(10)21-12(20)15(4,17)18;1-13(2,16)12(19)20-11-5-3-4-6-15(11)21-9-14(7-17,8-18)10-22-15;1-12(14,15)11(17)18-10-7-2-3-8(4-7)13(10)19-6-9(5-16)20-13;2*1-12(2,14)11(16)17-10-5-3-4-6-13(10)18-8-9(7-15)19-13/h11,20-21H,3-10H2,1-2H3;9-11,19H,5-8H2,1-4H3;11,17-18H,3-10H2,1-2H3;7-10,16H,2-6H2,1H3;2*9-10,15H,3-8H2,1-2H3. The van der Waals surface area contributed by atoms with Crippen LogP contribution in [0.25, 0.3) is 0 Å². The minimum atomic E-state index is -4.66. The van der Waals surface area contributed by atoms with Crippen molar-refractivity contribution in [3.8, 4) is 0 Å². The van der Waals surface area contributed by atoms with Gasteiger partial charge in [-0.3, -0.25) is 4.79 Å². The second-order valence-corrected chi connectivity index (χ2v) is 57.8. The first-order chi connectivity index (χ1) is 59.4. The van der Waals surface area contributed by atoms with E-state index in [4.69, 9.17) is 28.4 Å². The molecule has 8 N–H and O–H groups in total. The molecule has 8 aliphatic carbocycles. The van der Waals surface area contributed by atoms with Gasteiger partial charge in [0.1, 0.15) is 44.8 Å². The fourth-order valence-electron chi connectivity index (χ4n) is 18.8. The van der Waals surface area contributed by atoms with Crippen LogP contribution in [0.15, 0.2) is 0 Å². The second-order valence-electron chi connectivity index (χ2n) is 39.4. The highest BCUT2D eigenvalue weighted by molar-refractivity contribution is 8.23. The maximum Gasteiger partial charge on any atom is 0.404 e. The van der Waals surface area contributed by atoms with Crippen molar-refractivity contribution in [3.63, 3.8) is 0 Å². The molecule has 4 bridgehead atoms. The average molecular weight is 2060 g/mol. The third kappa shape index (κ3) is 24.8. The monoisotopic (exact) mass is 2060 g/mol. The molecule has 14 aliphatic rings. The van der Waals surface area contributed by atoms with Gasteiger partial charge < -0.3 is 69.3 Å². The van der Waals surface area contributed by atoms with E-state index in [9.17, 15) is 114 Å². The van der Waals surface area contributed by atoms with Crippen molar-refractivity contribution in [2.45, 2.75) is 342 Å². The summed E-state index contributed by atoms with van der Waals surface area (Å²) in [5, 5.41) is 76.1. The van der Waals surface area contributed by atoms with E-state index < -0.39 is 114 Å². The number of carbonyl (C=O) groups excluding carboxylic acids is 6. The van der Waals surface area contributed by atoms with E-state index in [2.05, 4.69) is 20.8 Å². The Labute approximate surface area is 798 Å². The van der Waals surface area contributed by atoms with Crippen LogP contribution in [0.4, 0.5) is 43.9 Å². The fraction of sp³-hybridized carbons (Fsp3) is 0.930. The maximum atomic E-state index is 13.8. The van der Waals surface area contributed by atoms with E-state index in [-0.39, 0.29) is 131 Å². The number of halogens is 10. The molecule has 6 heterocycles. The Morgan fingerprint density at radius 2 is 0.688 bits per heavy atom. The third-order valence-electron chi connectivity index (χ3n) is 27.5. The Morgan fingerprint density at radius 1 is 0.352 bits per heavy atom. The van der Waals surface area contributed by atoms with Gasteiger partial charge in [-0.1, -0.05) is 46.5 Å². The minimum absolute atomic E-state index is 0.0540. The van der Waals surface area contributed by atoms with Crippen molar-refractivity contribution in [2.75, 3.05) is 98.9 Å². The van der Waals surface area contributed by atoms with E-state index in [0.717, 1.165) is 165 Å². The molecule has 0 aromatic heterocycles. The van der Waals surface area contributed by atoms with Crippen LogP contribution in [0, 0.1) is 44.8 Å². The Kier molecular flexibility index (Phi) is 38.4. The number of aliphatic hydroxyl groups is 8. The quantitative estimate of drug-likeness (QED) is 0.0319. The highest BCUT2D eigenvalue weighted by atomic mass is 32.2. The van der Waals surface area contributed by atoms with Gasteiger partial charge in [-0.05, 0) is 182 Å². The molecule has 14 fully saturated rings. The van der Waals surface area contributed by atoms with Crippen molar-refractivity contribution in [1.29, 1.82) is 0 Å². The first-order valence-electron chi connectivity index (χ1n) is 44.2. The number of esters is 6. The molecule has 0 radical (unpaired) electrons. The Balaban J connectivity index is 0.000000174. The van der Waals surface area contributed by atoms with Crippen molar-refractivity contribution >= 4 is 177 Å². The number of rotatable bonds is 20. The molecule has 18 unspecified atom stereocenters. The molecule has 8 saturated carbocycles. The molecule has 18 atom stereocenters. The number of hydrogen-bond donors (Lipinski definition) is 8. The number of ether oxygens (including phenoxy) is 6. The van der Waals surface area contributed by atoms with Crippen LogP contribution < -0.4 is 0 Å². The average Bonchev–Trinajstić information content (AvgIpc) is 1.50. The summed E-state index contributed by atoms with van der Waals surface area (Å²) in [6.45, 7) is 16.8. The zero-order valence-electron chi connectivity index (χ0n) is 75.3. The number of fused-ring (bicyclic) bond motifs is 6. The fourth-order valence-corrected chi connectivity index (χ4v) is 42.6. The number of alkyl halides is 10. The highest BCUT2D eigenvalue weighted by Crippen LogP contribution is 2.79. The van der Waals surface area contributed by atoms with Crippen molar-refractivity contribution in [1.82, 2.24) is 0 Å². The van der Waals surface area contributed by atoms with E-state index in [0.29, 0.717) is 49.2 Å². The van der Waals surface area contributed by atoms with Gasteiger partial charge in [0.05, 0.1) is 69.2 Å². The molecule has 20 nitrogen and oxygen atoms in total. The van der Waals surface area contributed by atoms with Gasteiger partial charge >= 0.3 is 53.8 Å². The first-order valence-corrected chi connectivity index (χ1v) is 55.7. The number of aliphatic hydroxyl groups excluding tert-OH is 8. The zero-order valence-corrected chi connectivity index (χ0v) is 85.1. The Morgan fingerprint density at radius 3 is 1.02 bits per heavy atom. The van der Waals surface area contributed by atoms with Crippen LogP contribution in [0.5, 0.6) is 0 Å². The van der Waals surface area contributed by atoms with Crippen LogP contribution in [0.1, 0.15) is 225 Å². The minimum Gasteiger partial charge on any atom is -0.459 e. The lowest BCUT2D eigenvalue weighted by Crippen LogP contribution is -2.52. The number of hydrogen-bond acceptors (Lipinski definition) is 32. The van der Waals surface area contributed by atoms with Crippen molar-refractivity contribution < 1.29 is 142 Å². The lowest BCUT2D eigenvalue weighted by Gasteiger charge is -2.49. The van der Waals surface area contributed by atoms with Gasteiger partial charge in [-0.2, -0.15) is 30.7 Å². The van der Waals surface area contributed by atoms with Gasteiger partial charge in [-0.25, -0.2) is 37.1 Å². The molecule has 740 valence electrons. The summed E-state index contributed by atoms with van der Waals surface area (Å²) in [5.41, 5.74) is -9.70. The summed E-state index contributed by atoms with van der Waals surface area (Å²) >= 11 is 19.9. The molecular formula is C86H134F10O20S12. The third-order valence-corrected chi connectivity index (χ3v) is 51.8. The van der Waals surface area contributed by atoms with E-state index >= 15 is 0 Å². The summed E-state index contributed by atoms with van der Waals surface area (Å²) in [6, 6.07) is 0. The summed E-state index contributed by atoms with van der Waals surface area (Å²) < 4.78 is 164. The normalized spacial score (nSPS) is 35.3. The Bertz CT molecular complexity index is 3640. The lowest BCUT2D eigenvalue weighted by molar-refractivity contribution is -0.228. The smallest absolute Gasteiger partial charge is 0.404 e. The maximum absolute atomic E-state index is 13.8. The summed E-state index contributed by atoms with van der Waals surface area (Å²) in [7, 11) is 0. The molecule has 6 saturated heterocycles. The van der Waals surface area contributed by atoms with Crippen LogP contribution in [-0.4, -0.2) is 293 Å². The SMILES string of the molecule is CC(C)(C(=O)OC1CCCCC12SCC(CO)(CO)CS2)C(F)(F)F.CC(C)(F)C(=O)OC1CCCCC12SCC(CO)(CO)CS2.CC(C)(F)C(=O)OC1CCCCC12SCC(CO)S2.CC(C)(F)C(=O)OC1CCCCC12SCC(CO)S2.CC(F)(F)C(=O)OC1C2CCC(C)(C2(C)C)C12SCC(CO)S2.CC(F)(F)C(=O)OC1C2CCC(C2)C12SCC(CO)S2. The first kappa shape index (κ1) is 112. The van der Waals surface area contributed by atoms with E-state index in [1.807, 2.05) is 0 Å². The van der Waals surface area contributed by atoms with Crippen molar-refractivity contribution in [2.24, 2.45) is 44.8 Å². The molecule has 128 heavy (non-hydrogen) atoms. The van der Waals surface area contributed by atoms with Gasteiger partial charge in [0.15, 0.2) is 5.41 Å². The molecule has 6 spiro atoms. The van der Waals surface area contributed by atoms with E-state index in [1.165, 1.54) is 65.1 Å². The van der Waals surface area contributed by atoms with Gasteiger partial charge in [0.25, 0.3) is 0 Å².